The molecule has 1 aromatic heterocycles. The minimum absolute atomic E-state index is 0.0173. The number of ketones is 1. The van der Waals surface area contributed by atoms with E-state index in [1.165, 1.54) is 5.56 Å². The largest absolute Gasteiger partial charge is 0.361 e. The maximum atomic E-state index is 14.1. The highest BCUT2D eigenvalue weighted by atomic mass is 16.2. The van der Waals surface area contributed by atoms with E-state index < -0.39 is 6.04 Å². The van der Waals surface area contributed by atoms with Crippen LogP contribution >= 0.6 is 0 Å². The molecule has 1 fully saturated rings. The highest BCUT2D eigenvalue weighted by Crippen LogP contribution is 2.50. The van der Waals surface area contributed by atoms with E-state index in [-0.39, 0.29) is 23.5 Å². The van der Waals surface area contributed by atoms with Crippen LogP contribution in [0.5, 0.6) is 0 Å². The molecule has 36 heavy (non-hydrogen) atoms. The van der Waals surface area contributed by atoms with E-state index in [0.717, 1.165) is 58.4 Å². The maximum absolute atomic E-state index is 14.1. The Bertz CT molecular complexity index is 1530. The first-order chi connectivity index (χ1) is 17.7. The Morgan fingerprint density at radius 2 is 1.61 bits per heavy atom. The van der Waals surface area contributed by atoms with Crippen molar-refractivity contribution in [1.29, 1.82) is 0 Å². The average Bonchev–Trinajstić information content (AvgIpc) is 3.70. The minimum Gasteiger partial charge on any atom is -0.361 e. The third-order valence-corrected chi connectivity index (χ3v) is 7.84. The fraction of sp³-hybridized carbons (Fsp3) is 0.226. The van der Waals surface area contributed by atoms with Crippen molar-refractivity contribution in [2.75, 3.05) is 10.2 Å². The van der Waals surface area contributed by atoms with Crippen molar-refractivity contribution in [2.45, 2.75) is 37.6 Å². The number of aromatic nitrogens is 1. The number of rotatable bonds is 3. The third kappa shape index (κ3) is 3.38. The molecular formula is C31H27N3O2. The molecule has 2 atom stereocenters. The molecule has 5 heteroatoms. The van der Waals surface area contributed by atoms with Gasteiger partial charge in [-0.2, -0.15) is 0 Å². The molecule has 1 aliphatic heterocycles. The first kappa shape index (κ1) is 21.2. The fourth-order valence-electron chi connectivity index (χ4n) is 5.94. The molecule has 4 aromatic rings. The van der Waals surface area contributed by atoms with E-state index >= 15 is 0 Å². The van der Waals surface area contributed by atoms with Crippen LogP contribution in [0.3, 0.4) is 0 Å². The van der Waals surface area contributed by atoms with Crippen LogP contribution in [0.1, 0.15) is 48.8 Å². The lowest BCUT2D eigenvalue weighted by Gasteiger charge is -2.35. The van der Waals surface area contributed by atoms with Gasteiger partial charge in [-0.1, -0.05) is 60.7 Å². The molecule has 0 unspecified atom stereocenters. The molecule has 1 amide bonds. The summed E-state index contributed by atoms with van der Waals surface area (Å²) in [5.74, 6) is 0.329. The molecule has 0 saturated heterocycles. The van der Waals surface area contributed by atoms with Gasteiger partial charge in [0, 0.05) is 46.3 Å². The zero-order chi connectivity index (χ0) is 24.2. The van der Waals surface area contributed by atoms with Crippen molar-refractivity contribution in [3.63, 3.8) is 0 Å². The monoisotopic (exact) mass is 473 g/mol. The van der Waals surface area contributed by atoms with Crippen molar-refractivity contribution in [2.24, 2.45) is 5.92 Å². The normalized spacial score (nSPS) is 21.6. The molecule has 0 radical (unpaired) electrons. The van der Waals surface area contributed by atoms with E-state index in [2.05, 4.69) is 28.5 Å². The molecule has 2 heterocycles. The van der Waals surface area contributed by atoms with E-state index in [9.17, 15) is 9.59 Å². The molecular weight excluding hydrogens is 446 g/mol. The van der Waals surface area contributed by atoms with E-state index in [0.29, 0.717) is 6.42 Å². The Morgan fingerprint density at radius 3 is 2.44 bits per heavy atom. The smallest absolute Gasteiger partial charge is 0.231 e. The summed E-state index contributed by atoms with van der Waals surface area (Å²) in [4.78, 5) is 33.3. The van der Waals surface area contributed by atoms with Crippen molar-refractivity contribution in [3.8, 4) is 0 Å². The number of fused-ring (bicyclic) bond motifs is 2. The first-order valence-corrected chi connectivity index (χ1v) is 12.8. The second-order valence-electron chi connectivity index (χ2n) is 10.1. The lowest BCUT2D eigenvalue weighted by Crippen LogP contribution is -2.39. The van der Waals surface area contributed by atoms with Crippen LogP contribution in [0.25, 0.3) is 10.9 Å². The molecule has 2 aliphatic carbocycles. The molecule has 3 aromatic carbocycles. The van der Waals surface area contributed by atoms with E-state index in [4.69, 9.17) is 0 Å². The van der Waals surface area contributed by atoms with Gasteiger partial charge in [0.2, 0.25) is 5.91 Å². The van der Waals surface area contributed by atoms with E-state index in [1.807, 2.05) is 71.8 Å². The number of allylic oxidation sites excluding steroid dienone is 1. The number of aromatic amines is 1. The number of hydrogen-bond acceptors (Lipinski definition) is 3. The van der Waals surface area contributed by atoms with Crippen molar-refractivity contribution >= 4 is 34.0 Å². The highest BCUT2D eigenvalue weighted by molar-refractivity contribution is 6.08. The second-order valence-corrected chi connectivity index (χ2v) is 10.1. The Morgan fingerprint density at radius 1 is 0.861 bits per heavy atom. The quantitative estimate of drug-likeness (QED) is 0.358. The maximum Gasteiger partial charge on any atom is 0.231 e. The zero-order valence-electron chi connectivity index (χ0n) is 19.9. The Labute approximate surface area is 209 Å². The van der Waals surface area contributed by atoms with Gasteiger partial charge in [0.1, 0.15) is 0 Å². The first-order valence-electron chi connectivity index (χ1n) is 12.8. The topological polar surface area (TPSA) is 65.2 Å². The van der Waals surface area contributed by atoms with Gasteiger partial charge in [0.15, 0.2) is 5.78 Å². The SMILES string of the molecule is O=C1C[C@@H](c2ccccc2)CC2=C1[C@H](c1c[nH]c3ccccc13)N(C(=O)C1CC1)c1ccccc1N2. The standard InChI is InChI=1S/C31H27N3O2/c35-28-17-21(19-8-2-1-3-9-19)16-26-29(28)30(23-18-32-24-11-5-4-10-22(23)24)34(31(36)20-14-15-20)27-13-7-6-12-25(27)33-26/h1-13,18,20-21,30,32-33H,14-17H2/t21-,30-/m0/s1. The number of benzene rings is 3. The summed E-state index contributed by atoms with van der Waals surface area (Å²) in [6, 6.07) is 25.9. The van der Waals surface area contributed by atoms with Crippen LogP contribution in [-0.2, 0) is 9.59 Å². The van der Waals surface area contributed by atoms with Crippen molar-refractivity contribution < 1.29 is 9.59 Å². The number of anilines is 2. The average molecular weight is 474 g/mol. The van der Waals surface area contributed by atoms with Crippen LogP contribution in [-0.4, -0.2) is 16.7 Å². The fourth-order valence-corrected chi connectivity index (χ4v) is 5.94. The molecule has 5 nitrogen and oxygen atoms in total. The molecule has 1 saturated carbocycles. The van der Waals surface area contributed by atoms with Gasteiger partial charge in [-0.3, -0.25) is 14.5 Å². The number of carbonyl (C=O) groups excluding carboxylic acids is 2. The van der Waals surface area contributed by atoms with Gasteiger partial charge in [-0.25, -0.2) is 0 Å². The molecule has 7 rings (SSSR count). The molecule has 3 aliphatic rings. The number of Topliss-reactive ketones (excluding diaryl/α,β-unsaturated/α-hetero) is 1. The number of nitrogens with one attached hydrogen (secondary N) is 2. The third-order valence-electron chi connectivity index (χ3n) is 7.84. The van der Waals surface area contributed by atoms with Gasteiger partial charge in [0.05, 0.1) is 17.4 Å². The number of para-hydroxylation sites is 3. The van der Waals surface area contributed by atoms with Gasteiger partial charge in [-0.05, 0) is 48.9 Å². The summed E-state index contributed by atoms with van der Waals surface area (Å²) in [6.07, 6.45) is 4.95. The summed E-state index contributed by atoms with van der Waals surface area (Å²) in [5.41, 5.74) is 6.50. The predicted molar refractivity (Wildman–Crippen MR) is 142 cm³/mol. The molecule has 2 N–H and O–H groups in total. The van der Waals surface area contributed by atoms with Crippen LogP contribution in [0.4, 0.5) is 11.4 Å². The summed E-state index contributed by atoms with van der Waals surface area (Å²) in [7, 11) is 0. The Kier molecular flexibility index (Phi) is 4.84. The van der Waals surface area contributed by atoms with Crippen LogP contribution in [0, 0.1) is 5.92 Å². The number of carbonyl (C=O) groups is 2. The van der Waals surface area contributed by atoms with Crippen molar-refractivity contribution in [3.05, 3.63) is 107 Å². The second kappa shape index (κ2) is 8.23. The minimum atomic E-state index is -0.482. The number of nitrogens with zero attached hydrogens (tertiary/aromatic N) is 1. The molecule has 178 valence electrons. The summed E-state index contributed by atoms with van der Waals surface area (Å²) in [6.45, 7) is 0. The zero-order valence-corrected chi connectivity index (χ0v) is 19.9. The Hall–Kier alpha value is -4.12. The number of hydrogen-bond donors (Lipinski definition) is 2. The van der Waals surface area contributed by atoms with Gasteiger partial charge < -0.3 is 10.3 Å². The van der Waals surface area contributed by atoms with E-state index in [1.54, 1.807) is 0 Å². The van der Waals surface area contributed by atoms with Gasteiger partial charge in [-0.15, -0.1) is 0 Å². The van der Waals surface area contributed by atoms with Gasteiger partial charge in [0.25, 0.3) is 0 Å². The highest BCUT2D eigenvalue weighted by Gasteiger charge is 2.45. The van der Waals surface area contributed by atoms with Gasteiger partial charge >= 0.3 is 0 Å². The lowest BCUT2D eigenvalue weighted by molar-refractivity contribution is -0.120. The lowest BCUT2D eigenvalue weighted by atomic mass is 9.78. The summed E-state index contributed by atoms with van der Waals surface area (Å²) in [5, 5.41) is 4.67. The number of H-pyrrole nitrogens is 1. The Balaban J connectivity index is 1.46. The summed E-state index contributed by atoms with van der Waals surface area (Å²) < 4.78 is 0. The predicted octanol–water partition coefficient (Wildman–Crippen LogP) is 6.48. The van der Waals surface area contributed by atoms with Crippen LogP contribution in [0.15, 0.2) is 96.3 Å². The van der Waals surface area contributed by atoms with Crippen molar-refractivity contribution in [1.82, 2.24) is 4.98 Å². The molecule has 0 spiro atoms. The molecule has 0 bridgehead atoms. The van der Waals surface area contributed by atoms with Crippen LogP contribution < -0.4 is 10.2 Å². The van der Waals surface area contributed by atoms with Crippen LogP contribution in [0.2, 0.25) is 0 Å². The number of amides is 1. The summed E-state index contributed by atoms with van der Waals surface area (Å²) >= 11 is 0.